The first-order chi connectivity index (χ1) is 13.4. The summed E-state index contributed by atoms with van der Waals surface area (Å²) >= 11 is 1.52. The maximum Gasteiger partial charge on any atom is 1.00 e. The zero-order valence-corrected chi connectivity index (χ0v) is 18.5. The van der Waals surface area contributed by atoms with E-state index in [0.717, 1.165) is 4.88 Å². The largest absolute Gasteiger partial charge is 1.00 e. The number of likely N-dealkylation sites (tertiary alicyclic amines) is 1. The molecule has 0 saturated carbocycles. The third kappa shape index (κ3) is 3.75. The number of carbonyl (C=O) groups excluding carboxylic acids is 3. The van der Waals surface area contributed by atoms with E-state index in [1.165, 1.54) is 21.1 Å². The normalized spacial score (nSPS) is 24.4. The summed E-state index contributed by atoms with van der Waals surface area (Å²) in [5.41, 5.74) is 5.12. The number of nitrogens with zero attached hydrogens (tertiary/aromatic N) is 2. The number of β-lactam (4-membered cyclic amide) rings is 1. The molecule has 3 atom stereocenters. The van der Waals surface area contributed by atoms with Crippen molar-refractivity contribution >= 4 is 35.3 Å². The molecule has 0 spiro atoms. The molecule has 29 heavy (non-hydrogen) atoms. The average Bonchev–Trinajstić information content (AvgIpc) is 3.28. The summed E-state index contributed by atoms with van der Waals surface area (Å²) in [5, 5.41) is 14.3. The Bertz CT molecular complexity index is 895. The number of amides is 4. The van der Waals surface area contributed by atoms with Crippen LogP contribution in [0.2, 0.25) is 0 Å². The number of nitrogens with two attached hydrogens (primary N) is 1. The van der Waals surface area contributed by atoms with Crippen LogP contribution in [0.25, 0.3) is 0 Å². The molecule has 2 saturated heterocycles. The monoisotopic (exact) mass is 430 g/mol. The van der Waals surface area contributed by atoms with Gasteiger partial charge in [0.25, 0.3) is 5.91 Å². The third-order valence-corrected chi connectivity index (χ3v) is 6.17. The molecule has 3 aliphatic rings. The van der Waals surface area contributed by atoms with Gasteiger partial charge < -0.3 is 27.2 Å². The van der Waals surface area contributed by atoms with Gasteiger partial charge in [-0.25, -0.2) is 14.4 Å². The molecule has 150 valence electrons. The molecule has 0 bridgehead atoms. The maximum absolute atomic E-state index is 12.7. The van der Waals surface area contributed by atoms with E-state index in [1.54, 1.807) is 0 Å². The van der Waals surface area contributed by atoms with Crippen LogP contribution >= 0.6 is 11.3 Å². The summed E-state index contributed by atoms with van der Waals surface area (Å²) in [6.07, 6.45) is -0.706. The van der Waals surface area contributed by atoms with Crippen LogP contribution in [0.3, 0.4) is 0 Å². The molecule has 1 aromatic heterocycles. The topological polar surface area (TPSA) is 142 Å². The van der Waals surface area contributed by atoms with Gasteiger partial charge in [-0.2, -0.15) is 0 Å². The second-order valence-electron chi connectivity index (χ2n) is 6.86. The molecule has 4 rings (SSSR count). The van der Waals surface area contributed by atoms with Crippen LogP contribution < -0.4 is 40.6 Å². The number of rotatable bonds is 5. The van der Waals surface area contributed by atoms with Crippen molar-refractivity contribution in [1.29, 1.82) is 0 Å². The van der Waals surface area contributed by atoms with Crippen molar-refractivity contribution in [2.24, 2.45) is 11.7 Å². The Kier molecular flexibility index (Phi) is 6.22. The fourth-order valence-corrected chi connectivity index (χ4v) is 4.85. The van der Waals surface area contributed by atoms with Crippen molar-refractivity contribution < 1.29 is 60.0 Å². The number of nitrogens with one attached hydrogen (secondary N) is 1. The maximum atomic E-state index is 12.7. The molecule has 0 radical (unpaired) electrons. The SMILES string of the molecule is NC(=O)OCC1=C(C(=O)O)N2C(=O)[C@@H]3[C@H]2[C@H](C1)CN3C(=O)NCc1cccs1.[H-].[Na+]. The van der Waals surface area contributed by atoms with E-state index < -0.39 is 24.0 Å². The van der Waals surface area contributed by atoms with E-state index >= 15 is 0 Å². The van der Waals surface area contributed by atoms with E-state index in [-0.39, 0.29) is 61.3 Å². The average molecular weight is 430 g/mol. The first-order valence-corrected chi connectivity index (χ1v) is 9.54. The number of thiophene rings is 1. The Hall–Kier alpha value is -2.08. The number of hydrogen-bond donors (Lipinski definition) is 3. The molecule has 12 heteroatoms. The Balaban J connectivity index is 0.00000160. The standard InChI is InChI=1S/C17H18N4O6S.Na.H/c18-16(25)27-7-9-4-8-6-20(17(26)19-5-10-2-1-3-28-10)13-11(8)21(14(13)22)12(9)15(23)24;;/h1-3,8,11,13H,4-7H2,(H2,18,25)(H,19,26)(H,23,24);;/q;+1;-1/t8-,11-,13+;;/m1../s1. The molecule has 2 fully saturated rings. The van der Waals surface area contributed by atoms with Crippen molar-refractivity contribution in [3.05, 3.63) is 33.7 Å². The summed E-state index contributed by atoms with van der Waals surface area (Å²) in [7, 11) is 0. The number of hydrogen-bond acceptors (Lipinski definition) is 6. The molecule has 10 nitrogen and oxygen atoms in total. The van der Waals surface area contributed by atoms with Gasteiger partial charge in [0.15, 0.2) is 0 Å². The van der Waals surface area contributed by atoms with E-state index in [1.807, 2.05) is 17.5 Å². The molecule has 0 aromatic carbocycles. The Labute approximate surface area is 193 Å². The van der Waals surface area contributed by atoms with Crippen LogP contribution in [-0.2, 0) is 20.9 Å². The number of carbonyl (C=O) groups is 4. The van der Waals surface area contributed by atoms with Crippen molar-refractivity contribution in [2.75, 3.05) is 13.2 Å². The van der Waals surface area contributed by atoms with Crippen LogP contribution in [0.1, 0.15) is 12.7 Å². The molecule has 4 heterocycles. The summed E-state index contributed by atoms with van der Waals surface area (Å²) < 4.78 is 4.75. The molecular formula is C17H19N4NaO6S. The van der Waals surface area contributed by atoms with Gasteiger partial charge in [0.1, 0.15) is 18.3 Å². The van der Waals surface area contributed by atoms with Gasteiger partial charge in [0.05, 0.1) is 12.6 Å². The number of carboxylic acid groups (broad SMARTS) is 1. The molecule has 3 aliphatic heterocycles. The van der Waals surface area contributed by atoms with Crippen LogP contribution in [0.4, 0.5) is 9.59 Å². The fraction of sp³-hybridized carbons (Fsp3) is 0.412. The summed E-state index contributed by atoms with van der Waals surface area (Å²) in [5.74, 6) is -1.83. The molecular weight excluding hydrogens is 411 g/mol. The van der Waals surface area contributed by atoms with Gasteiger partial charge in [-0.15, -0.1) is 11.3 Å². The second kappa shape index (κ2) is 8.34. The van der Waals surface area contributed by atoms with Gasteiger partial charge in [-0.1, -0.05) is 6.07 Å². The van der Waals surface area contributed by atoms with E-state index in [2.05, 4.69) is 5.32 Å². The number of urea groups is 1. The smallest absolute Gasteiger partial charge is 1.00 e. The summed E-state index contributed by atoms with van der Waals surface area (Å²) in [6, 6.07) is 2.40. The number of aliphatic carboxylic acids is 1. The van der Waals surface area contributed by atoms with Crippen LogP contribution in [0.15, 0.2) is 28.8 Å². The molecule has 0 aliphatic carbocycles. The predicted octanol–water partition coefficient (Wildman–Crippen LogP) is -2.58. The number of primary amides is 1. The minimum atomic E-state index is -1.27. The quantitative estimate of drug-likeness (QED) is 0.346. The zero-order valence-electron chi connectivity index (χ0n) is 16.7. The van der Waals surface area contributed by atoms with E-state index in [0.29, 0.717) is 25.1 Å². The van der Waals surface area contributed by atoms with E-state index in [4.69, 9.17) is 10.5 Å². The van der Waals surface area contributed by atoms with Gasteiger partial charge in [0, 0.05) is 17.3 Å². The Morgan fingerprint density at radius 3 is 2.79 bits per heavy atom. The minimum Gasteiger partial charge on any atom is -1.00 e. The summed E-state index contributed by atoms with van der Waals surface area (Å²) in [6.45, 7) is 0.392. The number of ether oxygens (including phenoxy) is 1. The van der Waals surface area contributed by atoms with Crippen LogP contribution in [0, 0.1) is 5.92 Å². The molecule has 4 amide bonds. The second-order valence-corrected chi connectivity index (χ2v) is 7.90. The minimum absolute atomic E-state index is 0. The van der Waals surface area contributed by atoms with Gasteiger partial charge >= 0.3 is 47.7 Å². The summed E-state index contributed by atoms with van der Waals surface area (Å²) in [4.78, 5) is 51.6. The van der Waals surface area contributed by atoms with Crippen molar-refractivity contribution in [3.63, 3.8) is 0 Å². The Morgan fingerprint density at radius 1 is 1.41 bits per heavy atom. The van der Waals surface area contributed by atoms with Crippen LogP contribution in [0.5, 0.6) is 0 Å². The fourth-order valence-electron chi connectivity index (χ4n) is 4.21. The molecule has 0 unspecified atom stereocenters. The first-order valence-electron chi connectivity index (χ1n) is 8.66. The van der Waals surface area contributed by atoms with E-state index in [9.17, 15) is 24.3 Å². The Morgan fingerprint density at radius 2 is 2.17 bits per heavy atom. The first kappa shape index (κ1) is 21.6. The van der Waals surface area contributed by atoms with Crippen molar-refractivity contribution in [3.8, 4) is 0 Å². The van der Waals surface area contributed by atoms with Gasteiger partial charge in [-0.3, -0.25) is 9.69 Å². The molecule has 4 N–H and O–H groups in total. The zero-order chi connectivity index (χ0) is 20.0. The van der Waals surface area contributed by atoms with Crippen molar-refractivity contribution in [2.45, 2.75) is 25.0 Å². The number of carboxylic acids is 1. The van der Waals surface area contributed by atoms with Crippen LogP contribution in [-0.4, -0.2) is 64.1 Å². The van der Waals surface area contributed by atoms with Crippen molar-refractivity contribution in [1.82, 2.24) is 15.1 Å². The molecule has 1 aromatic rings. The van der Waals surface area contributed by atoms with Gasteiger partial charge in [0.2, 0.25) is 0 Å². The third-order valence-electron chi connectivity index (χ3n) is 5.29. The predicted molar refractivity (Wildman–Crippen MR) is 97.1 cm³/mol. The van der Waals surface area contributed by atoms with Gasteiger partial charge in [-0.05, 0) is 23.4 Å².